The lowest BCUT2D eigenvalue weighted by Crippen LogP contribution is -1.85. The van der Waals surface area contributed by atoms with Gasteiger partial charge in [0.2, 0.25) is 0 Å². The second-order valence-corrected chi connectivity index (χ2v) is 5.06. The molecule has 0 aliphatic heterocycles. The largest absolute Gasteiger partial charge is 0.399 e. The summed E-state index contributed by atoms with van der Waals surface area (Å²) in [6.07, 6.45) is 0. The Morgan fingerprint density at radius 2 is 1.45 bits per heavy atom. The van der Waals surface area contributed by atoms with Crippen LogP contribution in [0.4, 0.5) is 5.69 Å². The number of aromatic nitrogens is 1. The standard InChI is InChI=1S/C18H14N2/c19-14-5-3-4-12(10-14)13-8-9-18-16(11-13)15-6-1-2-7-17(15)20-18/h1-11,20H,19H2. The van der Waals surface area contributed by atoms with Gasteiger partial charge in [0.25, 0.3) is 0 Å². The maximum absolute atomic E-state index is 5.87. The van der Waals surface area contributed by atoms with Gasteiger partial charge in [-0.3, -0.25) is 0 Å². The summed E-state index contributed by atoms with van der Waals surface area (Å²) in [6, 6.07) is 22.9. The number of para-hydroxylation sites is 1. The van der Waals surface area contributed by atoms with Crippen LogP contribution >= 0.6 is 0 Å². The molecule has 0 amide bonds. The molecular formula is C18H14N2. The first kappa shape index (κ1) is 11.1. The van der Waals surface area contributed by atoms with Gasteiger partial charge >= 0.3 is 0 Å². The molecule has 96 valence electrons. The Morgan fingerprint density at radius 1 is 0.650 bits per heavy atom. The molecule has 0 spiro atoms. The van der Waals surface area contributed by atoms with Crippen molar-refractivity contribution >= 4 is 27.5 Å². The lowest BCUT2D eigenvalue weighted by Gasteiger charge is -2.03. The minimum atomic E-state index is 0.793. The molecule has 2 heteroatoms. The predicted octanol–water partition coefficient (Wildman–Crippen LogP) is 4.57. The molecule has 0 bridgehead atoms. The van der Waals surface area contributed by atoms with Gasteiger partial charge in [-0.05, 0) is 41.5 Å². The molecule has 4 aromatic rings. The number of H-pyrrole nitrogens is 1. The lowest BCUT2D eigenvalue weighted by atomic mass is 10.0. The molecule has 1 heterocycles. The number of anilines is 1. The number of rotatable bonds is 1. The maximum atomic E-state index is 5.87. The van der Waals surface area contributed by atoms with Crippen molar-refractivity contribution in [3.63, 3.8) is 0 Å². The van der Waals surface area contributed by atoms with E-state index in [1.54, 1.807) is 0 Å². The van der Waals surface area contributed by atoms with Gasteiger partial charge in [-0.1, -0.05) is 36.4 Å². The van der Waals surface area contributed by atoms with Crippen LogP contribution < -0.4 is 5.73 Å². The zero-order valence-electron chi connectivity index (χ0n) is 10.9. The fourth-order valence-electron chi connectivity index (χ4n) is 2.75. The van der Waals surface area contributed by atoms with E-state index in [4.69, 9.17) is 5.73 Å². The summed E-state index contributed by atoms with van der Waals surface area (Å²) in [7, 11) is 0. The Hall–Kier alpha value is -2.74. The molecule has 0 atom stereocenters. The summed E-state index contributed by atoms with van der Waals surface area (Å²) in [5, 5.41) is 2.51. The smallest absolute Gasteiger partial charge is 0.0465 e. The first-order chi connectivity index (χ1) is 9.81. The Kier molecular flexibility index (Phi) is 2.30. The van der Waals surface area contributed by atoms with Crippen LogP contribution in [0.2, 0.25) is 0 Å². The van der Waals surface area contributed by atoms with Crippen LogP contribution in [0.1, 0.15) is 0 Å². The lowest BCUT2D eigenvalue weighted by molar-refractivity contribution is 1.54. The highest BCUT2D eigenvalue weighted by atomic mass is 14.7. The van der Waals surface area contributed by atoms with E-state index in [-0.39, 0.29) is 0 Å². The molecule has 0 radical (unpaired) electrons. The second kappa shape index (κ2) is 4.14. The van der Waals surface area contributed by atoms with Crippen LogP contribution in [0.25, 0.3) is 32.9 Å². The number of aromatic amines is 1. The molecule has 3 N–H and O–H groups in total. The first-order valence-electron chi connectivity index (χ1n) is 6.68. The summed E-state index contributed by atoms with van der Waals surface area (Å²) in [5.41, 5.74) is 11.3. The van der Waals surface area contributed by atoms with Crippen LogP contribution in [-0.4, -0.2) is 4.98 Å². The van der Waals surface area contributed by atoms with Gasteiger partial charge in [0.1, 0.15) is 0 Å². The highest BCUT2D eigenvalue weighted by Crippen LogP contribution is 2.30. The Morgan fingerprint density at radius 3 is 2.35 bits per heavy atom. The van der Waals surface area contributed by atoms with Gasteiger partial charge in [-0.2, -0.15) is 0 Å². The summed E-state index contributed by atoms with van der Waals surface area (Å²) < 4.78 is 0. The minimum absolute atomic E-state index is 0.793. The van der Waals surface area contributed by atoms with Crippen LogP contribution in [0.3, 0.4) is 0 Å². The Bertz CT molecular complexity index is 919. The number of benzene rings is 3. The van der Waals surface area contributed by atoms with Crippen LogP contribution in [-0.2, 0) is 0 Å². The molecule has 20 heavy (non-hydrogen) atoms. The predicted molar refractivity (Wildman–Crippen MR) is 85.7 cm³/mol. The number of nitrogen functional groups attached to an aromatic ring is 1. The molecule has 1 aromatic heterocycles. The van der Waals surface area contributed by atoms with E-state index in [2.05, 4.69) is 53.5 Å². The maximum Gasteiger partial charge on any atom is 0.0465 e. The van der Waals surface area contributed by atoms with Crippen LogP contribution in [0.5, 0.6) is 0 Å². The Labute approximate surface area is 116 Å². The van der Waals surface area contributed by atoms with Crippen molar-refractivity contribution in [3.8, 4) is 11.1 Å². The highest BCUT2D eigenvalue weighted by molar-refractivity contribution is 6.08. The fraction of sp³-hybridized carbons (Fsp3) is 0. The van der Waals surface area contributed by atoms with Crippen molar-refractivity contribution in [2.45, 2.75) is 0 Å². The molecule has 0 aliphatic carbocycles. The van der Waals surface area contributed by atoms with E-state index < -0.39 is 0 Å². The third-order valence-corrected chi connectivity index (χ3v) is 3.73. The fourth-order valence-corrected chi connectivity index (χ4v) is 2.75. The molecule has 0 saturated carbocycles. The van der Waals surface area contributed by atoms with Gasteiger partial charge in [0, 0.05) is 27.5 Å². The number of hydrogen-bond acceptors (Lipinski definition) is 1. The van der Waals surface area contributed by atoms with Gasteiger partial charge in [-0.15, -0.1) is 0 Å². The molecule has 2 nitrogen and oxygen atoms in total. The van der Waals surface area contributed by atoms with E-state index in [0.717, 1.165) is 11.3 Å². The normalized spacial score (nSPS) is 11.2. The molecule has 0 fully saturated rings. The quantitative estimate of drug-likeness (QED) is 0.482. The molecule has 4 rings (SSSR count). The third-order valence-electron chi connectivity index (χ3n) is 3.73. The van der Waals surface area contributed by atoms with Crippen LogP contribution in [0.15, 0.2) is 66.7 Å². The van der Waals surface area contributed by atoms with Crippen molar-refractivity contribution in [1.82, 2.24) is 4.98 Å². The van der Waals surface area contributed by atoms with Crippen molar-refractivity contribution < 1.29 is 0 Å². The average Bonchev–Trinajstić information content (AvgIpc) is 2.85. The number of nitrogens with two attached hydrogens (primary N) is 1. The zero-order chi connectivity index (χ0) is 13.5. The first-order valence-corrected chi connectivity index (χ1v) is 6.68. The summed E-state index contributed by atoms with van der Waals surface area (Å²) >= 11 is 0. The van der Waals surface area contributed by atoms with Gasteiger partial charge in [0.15, 0.2) is 0 Å². The third kappa shape index (κ3) is 1.66. The molecule has 0 aliphatic rings. The number of hydrogen-bond donors (Lipinski definition) is 2. The van der Waals surface area contributed by atoms with Crippen molar-refractivity contribution in [2.24, 2.45) is 0 Å². The minimum Gasteiger partial charge on any atom is -0.399 e. The van der Waals surface area contributed by atoms with Crippen molar-refractivity contribution in [3.05, 3.63) is 66.7 Å². The van der Waals surface area contributed by atoms with Gasteiger partial charge in [0.05, 0.1) is 0 Å². The number of fused-ring (bicyclic) bond motifs is 3. The summed E-state index contributed by atoms with van der Waals surface area (Å²) in [4.78, 5) is 3.44. The second-order valence-electron chi connectivity index (χ2n) is 5.06. The van der Waals surface area contributed by atoms with Gasteiger partial charge < -0.3 is 10.7 Å². The molecular weight excluding hydrogens is 244 g/mol. The number of nitrogens with one attached hydrogen (secondary N) is 1. The van der Waals surface area contributed by atoms with Crippen molar-refractivity contribution in [2.75, 3.05) is 5.73 Å². The molecule has 0 unspecified atom stereocenters. The van der Waals surface area contributed by atoms with Gasteiger partial charge in [-0.25, -0.2) is 0 Å². The SMILES string of the molecule is Nc1cccc(-c2ccc3[nH]c4ccccc4c3c2)c1. The summed E-state index contributed by atoms with van der Waals surface area (Å²) in [5.74, 6) is 0. The summed E-state index contributed by atoms with van der Waals surface area (Å²) in [6.45, 7) is 0. The topological polar surface area (TPSA) is 41.8 Å². The van der Waals surface area contributed by atoms with E-state index in [9.17, 15) is 0 Å². The zero-order valence-corrected chi connectivity index (χ0v) is 10.9. The van der Waals surface area contributed by atoms with E-state index in [0.29, 0.717) is 0 Å². The monoisotopic (exact) mass is 258 g/mol. The van der Waals surface area contributed by atoms with E-state index in [1.165, 1.54) is 27.4 Å². The Balaban J connectivity index is 2.00. The van der Waals surface area contributed by atoms with Crippen LogP contribution in [0, 0.1) is 0 Å². The average molecular weight is 258 g/mol. The molecule has 3 aromatic carbocycles. The van der Waals surface area contributed by atoms with E-state index in [1.807, 2.05) is 18.2 Å². The highest BCUT2D eigenvalue weighted by Gasteiger charge is 2.05. The van der Waals surface area contributed by atoms with E-state index >= 15 is 0 Å². The van der Waals surface area contributed by atoms with Crippen molar-refractivity contribution in [1.29, 1.82) is 0 Å². The molecule has 0 saturated heterocycles.